The van der Waals surface area contributed by atoms with E-state index in [9.17, 15) is 22.8 Å². The van der Waals surface area contributed by atoms with Crippen molar-refractivity contribution in [3.05, 3.63) is 62.0 Å². The molecule has 0 saturated heterocycles. The molecule has 2 aromatic heterocycles. The number of rotatable bonds is 3. The van der Waals surface area contributed by atoms with Crippen molar-refractivity contribution in [2.45, 2.75) is 38.5 Å². The number of nitrogens with one attached hydrogen (secondary N) is 1. The molecule has 1 aliphatic rings. The van der Waals surface area contributed by atoms with Crippen LogP contribution in [-0.2, 0) is 30.4 Å². The van der Waals surface area contributed by atoms with Crippen LogP contribution in [0.2, 0.25) is 0 Å². The molecule has 4 rings (SSSR count). The zero-order valence-corrected chi connectivity index (χ0v) is 15.4. The quantitative estimate of drug-likeness (QED) is 0.658. The van der Waals surface area contributed by atoms with Gasteiger partial charge in [-0.15, -0.1) is 11.3 Å². The number of aromatic amines is 1. The smallest absolute Gasteiger partial charge is 0.417 e. The van der Waals surface area contributed by atoms with Gasteiger partial charge in [-0.1, -0.05) is 12.1 Å². The van der Waals surface area contributed by atoms with Gasteiger partial charge in [0, 0.05) is 4.88 Å². The molecule has 146 valence electrons. The number of esters is 1. The molecule has 0 fully saturated rings. The van der Waals surface area contributed by atoms with Crippen molar-refractivity contribution in [3.63, 3.8) is 0 Å². The summed E-state index contributed by atoms with van der Waals surface area (Å²) < 4.78 is 44.1. The average molecular weight is 408 g/mol. The van der Waals surface area contributed by atoms with E-state index in [1.165, 1.54) is 23.5 Å². The summed E-state index contributed by atoms with van der Waals surface area (Å²) in [4.78, 5) is 33.2. The second kappa shape index (κ2) is 7.05. The normalized spacial score (nSPS) is 14.1. The second-order valence-corrected chi connectivity index (χ2v) is 7.61. The number of nitrogens with zero attached hydrogens (tertiary/aromatic N) is 1. The van der Waals surface area contributed by atoms with Gasteiger partial charge in [0.25, 0.3) is 5.56 Å². The number of aromatic nitrogens is 2. The third kappa shape index (κ3) is 3.42. The molecule has 1 aromatic carbocycles. The Hall–Kier alpha value is -2.68. The van der Waals surface area contributed by atoms with Crippen molar-refractivity contribution in [1.82, 2.24) is 9.97 Å². The molecule has 2 heterocycles. The van der Waals surface area contributed by atoms with Crippen molar-refractivity contribution in [1.29, 1.82) is 0 Å². The van der Waals surface area contributed by atoms with Gasteiger partial charge >= 0.3 is 12.1 Å². The summed E-state index contributed by atoms with van der Waals surface area (Å²) in [5.41, 5.74) is -0.929. The first-order chi connectivity index (χ1) is 13.3. The van der Waals surface area contributed by atoms with E-state index in [-0.39, 0.29) is 11.4 Å². The fraction of sp³-hybridized carbons (Fsp3) is 0.316. The summed E-state index contributed by atoms with van der Waals surface area (Å²) in [5, 5.41) is 0.567. The minimum atomic E-state index is -4.67. The van der Waals surface area contributed by atoms with Crippen LogP contribution in [0.25, 0.3) is 10.2 Å². The van der Waals surface area contributed by atoms with Crippen molar-refractivity contribution in [2.24, 2.45) is 0 Å². The second-order valence-electron chi connectivity index (χ2n) is 6.52. The largest absolute Gasteiger partial charge is 0.454 e. The third-order valence-electron chi connectivity index (χ3n) is 4.67. The van der Waals surface area contributed by atoms with Crippen LogP contribution < -0.4 is 5.56 Å². The van der Waals surface area contributed by atoms with E-state index in [0.29, 0.717) is 10.2 Å². The summed E-state index contributed by atoms with van der Waals surface area (Å²) in [5.74, 6) is -1.02. The molecule has 0 amide bonds. The van der Waals surface area contributed by atoms with Crippen LogP contribution in [-0.4, -0.2) is 15.9 Å². The first kappa shape index (κ1) is 18.7. The van der Waals surface area contributed by atoms with E-state index in [0.717, 1.165) is 48.3 Å². The fourth-order valence-electron chi connectivity index (χ4n) is 3.40. The number of thiophene rings is 1. The van der Waals surface area contributed by atoms with Crippen molar-refractivity contribution in [2.75, 3.05) is 0 Å². The molecule has 0 saturated carbocycles. The summed E-state index contributed by atoms with van der Waals surface area (Å²) in [7, 11) is 0. The predicted octanol–water partition coefficient (Wildman–Crippen LogP) is 4.24. The lowest BCUT2D eigenvalue weighted by molar-refractivity contribution is -0.138. The Bertz CT molecular complexity index is 1120. The van der Waals surface area contributed by atoms with E-state index in [1.54, 1.807) is 0 Å². The highest BCUT2D eigenvalue weighted by atomic mass is 32.1. The standard InChI is InChI=1S/C19H15F3N2O3S/c20-19(21,22)12-7-3-1-5-10(12)18(26)27-9-14-23-16(25)15-11-6-2-4-8-13(11)28-17(15)24-14/h1,3,5,7H,2,4,6,8-9H2,(H,23,24,25). The third-order valence-corrected chi connectivity index (χ3v) is 5.85. The molecule has 28 heavy (non-hydrogen) atoms. The Morgan fingerprint density at radius 3 is 2.75 bits per heavy atom. The van der Waals surface area contributed by atoms with Crippen molar-refractivity contribution < 1.29 is 22.7 Å². The summed E-state index contributed by atoms with van der Waals surface area (Å²) >= 11 is 1.44. The van der Waals surface area contributed by atoms with Gasteiger partial charge in [0.1, 0.15) is 17.3 Å². The molecular weight excluding hydrogens is 393 g/mol. The predicted molar refractivity (Wildman–Crippen MR) is 97.4 cm³/mol. The number of carbonyl (C=O) groups is 1. The number of H-pyrrole nitrogens is 1. The summed E-state index contributed by atoms with van der Waals surface area (Å²) in [6, 6.07) is 4.40. The lowest BCUT2D eigenvalue weighted by atomic mass is 9.97. The highest BCUT2D eigenvalue weighted by Crippen LogP contribution is 2.34. The maximum absolute atomic E-state index is 13.0. The van der Waals surface area contributed by atoms with Crippen LogP contribution in [0.1, 0.15) is 45.0 Å². The Kier molecular flexibility index (Phi) is 4.70. The van der Waals surface area contributed by atoms with Crippen molar-refractivity contribution in [3.8, 4) is 0 Å². The van der Waals surface area contributed by atoms with Gasteiger partial charge in [0.2, 0.25) is 0 Å². The Balaban J connectivity index is 1.58. The van der Waals surface area contributed by atoms with Gasteiger partial charge in [-0.2, -0.15) is 13.2 Å². The summed E-state index contributed by atoms with van der Waals surface area (Å²) in [6.07, 6.45) is -0.828. The minimum absolute atomic E-state index is 0.105. The molecule has 0 radical (unpaired) electrons. The number of ether oxygens (including phenoxy) is 1. The monoisotopic (exact) mass is 408 g/mol. The van der Waals surface area contributed by atoms with Crippen LogP contribution in [0.3, 0.4) is 0 Å². The number of alkyl halides is 3. The number of hydrogen-bond donors (Lipinski definition) is 1. The SMILES string of the molecule is O=C(OCc1nc2sc3c(c2c(=O)[nH]1)CCCC3)c1ccccc1C(F)(F)F. The van der Waals surface area contributed by atoms with E-state index < -0.39 is 29.9 Å². The zero-order chi connectivity index (χ0) is 19.9. The Morgan fingerprint density at radius 1 is 1.21 bits per heavy atom. The molecule has 0 atom stereocenters. The topological polar surface area (TPSA) is 72.0 Å². The van der Waals surface area contributed by atoms with Crippen LogP contribution in [0.5, 0.6) is 0 Å². The first-order valence-electron chi connectivity index (χ1n) is 8.71. The molecule has 1 N–H and O–H groups in total. The average Bonchev–Trinajstić information content (AvgIpc) is 3.04. The number of hydrogen-bond acceptors (Lipinski definition) is 5. The number of aryl methyl sites for hydroxylation is 2. The Morgan fingerprint density at radius 2 is 1.96 bits per heavy atom. The van der Waals surface area contributed by atoms with Gasteiger partial charge in [-0.3, -0.25) is 4.79 Å². The van der Waals surface area contributed by atoms with E-state index in [1.807, 2.05) is 0 Å². The van der Waals surface area contributed by atoms with Gasteiger partial charge < -0.3 is 9.72 Å². The Labute approximate surface area is 161 Å². The number of benzene rings is 1. The van der Waals surface area contributed by atoms with E-state index in [2.05, 4.69) is 9.97 Å². The lowest BCUT2D eigenvalue weighted by Crippen LogP contribution is -2.17. The van der Waals surface area contributed by atoms with Crippen LogP contribution in [0, 0.1) is 0 Å². The molecule has 1 aliphatic carbocycles. The summed E-state index contributed by atoms with van der Waals surface area (Å²) in [6.45, 7) is -0.418. The van der Waals surface area contributed by atoms with Crippen LogP contribution >= 0.6 is 11.3 Å². The molecular formula is C19H15F3N2O3S. The van der Waals surface area contributed by atoms with Crippen LogP contribution in [0.15, 0.2) is 29.1 Å². The first-order valence-corrected chi connectivity index (χ1v) is 9.53. The number of halogens is 3. The maximum atomic E-state index is 13.0. The lowest BCUT2D eigenvalue weighted by Gasteiger charge is -2.12. The van der Waals surface area contributed by atoms with Gasteiger partial charge in [0.05, 0.1) is 16.5 Å². The minimum Gasteiger partial charge on any atom is -0.454 e. The number of carbonyl (C=O) groups excluding carboxylic acids is 1. The highest BCUT2D eigenvalue weighted by Gasteiger charge is 2.35. The molecule has 0 aliphatic heterocycles. The van der Waals surface area contributed by atoms with E-state index >= 15 is 0 Å². The van der Waals surface area contributed by atoms with Crippen molar-refractivity contribution >= 4 is 27.5 Å². The molecule has 9 heteroatoms. The van der Waals surface area contributed by atoms with Gasteiger partial charge in [0.15, 0.2) is 0 Å². The molecule has 3 aromatic rings. The van der Waals surface area contributed by atoms with Gasteiger partial charge in [-0.25, -0.2) is 9.78 Å². The fourth-order valence-corrected chi connectivity index (χ4v) is 4.68. The number of fused-ring (bicyclic) bond motifs is 3. The molecule has 0 bridgehead atoms. The molecule has 5 nitrogen and oxygen atoms in total. The maximum Gasteiger partial charge on any atom is 0.417 e. The highest BCUT2D eigenvalue weighted by molar-refractivity contribution is 7.18. The van der Waals surface area contributed by atoms with Crippen LogP contribution in [0.4, 0.5) is 13.2 Å². The molecule has 0 unspecified atom stereocenters. The molecule has 0 spiro atoms. The van der Waals surface area contributed by atoms with Gasteiger partial charge in [-0.05, 0) is 43.4 Å². The zero-order valence-electron chi connectivity index (χ0n) is 14.6. The van der Waals surface area contributed by atoms with E-state index in [4.69, 9.17) is 4.74 Å².